The van der Waals surface area contributed by atoms with Crippen LogP contribution >= 0.6 is 19.8 Å². The van der Waals surface area contributed by atoms with Gasteiger partial charge in [-0.2, -0.15) is 0 Å². The third kappa shape index (κ3) is 2.90. The predicted molar refractivity (Wildman–Crippen MR) is 57.9 cm³/mol. The second kappa shape index (κ2) is 4.99. The van der Waals surface area contributed by atoms with Crippen LogP contribution in [0, 0.1) is 0 Å². The van der Waals surface area contributed by atoms with Crippen LogP contribution in [0.2, 0.25) is 0 Å². The van der Waals surface area contributed by atoms with Gasteiger partial charge >= 0.3 is 71.8 Å². The molecule has 0 N–H and O–H groups in total. The summed E-state index contributed by atoms with van der Waals surface area (Å²) in [5.74, 6) is 0. The minimum atomic E-state index is -0.663. The van der Waals surface area contributed by atoms with Crippen molar-refractivity contribution >= 4 is 19.8 Å². The van der Waals surface area contributed by atoms with Gasteiger partial charge < -0.3 is 0 Å². The van der Waals surface area contributed by atoms with Crippen LogP contribution in [0.3, 0.4) is 0 Å². The van der Waals surface area contributed by atoms with E-state index in [1.165, 1.54) is 6.42 Å². The molecular formula is C8H18IN. The minimum absolute atomic E-state index is 0.663. The SMILES string of the molecule is C=CN(C)C(CC)I(C)C. The Balaban J connectivity index is 3.92. The molecule has 62 valence electrons. The first kappa shape index (κ1) is 10.3. The average molecular weight is 255 g/mol. The molecule has 0 radical (unpaired) electrons. The molecule has 1 nitrogen and oxygen atoms in total. The second-order valence-electron chi connectivity index (χ2n) is 2.51. The van der Waals surface area contributed by atoms with Gasteiger partial charge in [-0.05, 0) is 0 Å². The Morgan fingerprint density at radius 1 is 1.60 bits per heavy atom. The first-order valence-corrected chi connectivity index (χ1v) is 9.02. The van der Waals surface area contributed by atoms with Crippen molar-refractivity contribution in [1.82, 2.24) is 4.90 Å². The number of hydrogen-bond acceptors (Lipinski definition) is 1. The van der Waals surface area contributed by atoms with Gasteiger partial charge in [-0.1, -0.05) is 0 Å². The maximum atomic E-state index is 3.76. The van der Waals surface area contributed by atoms with E-state index >= 15 is 0 Å². The third-order valence-corrected chi connectivity index (χ3v) is 6.21. The Labute approximate surface area is 71.9 Å². The standard InChI is InChI=1S/C8H18IN/c1-6-8(9(3)4)10(5)7-2/h7-8H,2,6H2,1,3-5H3. The van der Waals surface area contributed by atoms with Crippen molar-refractivity contribution in [2.75, 3.05) is 16.9 Å². The molecule has 10 heavy (non-hydrogen) atoms. The Morgan fingerprint density at radius 2 is 2.10 bits per heavy atom. The fourth-order valence-electron chi connectivity index (χ4n) is 1.02. The van der Waals surface area contributed by atoms with Crippen LogP contribution in [0.25, 0.3) is 0 Å². The van der Waals surface area contributed by atoms with E-state index in [0.29, 0.717) is 0 Å². The van der Waals surface area contributed by atoms with E-state index in [9.17, 15) is 0 Å². The van der Waals surface area contributed by atoms with Crippen LogP contribution in [0.15, 0.2) is 12.8 Å². The van der Waals surface area contributed by atoms with E-state index in [1.54, 1.807) is 0 Å². The molecule has 0 heterocycles. The van der Waals surface area contributed by atoms with Gasteiger partial charge in [0.05, 0.1) is 0 Å². The first-order chi connectivity index (χ1) is 4.63. The van der Waals surface area contributed by atoms with Gasteiger partial charge in [0.25, 0.3) is 0 Å². The molecular weight excluding hydrogens is 237 g/mol. The molecule has 0 amide bonds. The van der Waals surface area contributed by atoms with Gasteiger partial charge in [0.1, 0.15) is 0 Å². The molecule has 0 saturated carbocycles. The molecule has 0 aromatic carbocycles. The number of rotatable bonds is 4. The number of alkyl halides is 3. The van der Waals surface area contributed by atoms with Crippen molar-refractivity contribution in [1.29, 1.82) is 0 Å². The zero-order valence-electron chi connectivity index (χ0n) is 7.39. The Morgan fingerprint density at radius 3 is 2.20 bits per heavy atom. The Kier molecular flexibility index (Phi) is 5.13. The monoisotopic (exact) mass is 255 g/mol. The van der Waals surface area contributed by atoms with Gasteiger partial charge in [-0.3, -0.25) is 0 Å². The molecule has 0 aliphatic heterocycles. The van der Waals surface area contributed by atoms with E-state index in [-0.39, 0.29) is 0 Å². The average Bonchev–Trinajstić information content (AvgIpc) is 1.88. The summed E-state index contributed by atoms with van der Waals surface area (Å²) in [5, 5.41) is 0. The van der Waals surface area contributed by atoms with Gasteiger partial charge in [0.2, 0.25) is 0 Å². The number of nitrogens with zero attached hydrogens (tertiary/aromatic N) is 1. The molecule has 0 saturated heterocycles. The van der Waals surface area contributed by atoms with Gasteiger partial charge in [-0.25, -0.2) is 0 Å². The van der Waals surface area contributed by atoms with E-state index in [0.717, 1.165) is 4.05 Å². The van der Waals surface area contributed by atoms with E-state index in [1.807, 2.05) is 6.20 Å². The second-order valence-corrected chi connectivity index (χ2v) is 8.59. The molecule has 0 bridgehead atoms. The van der Waals surface area contributed by atoms with Crippen molar-refractivity contribution in [3.05, 3.63) is 12.8 Å². The van der Waals surface area contributed by atoms with Crippen molar-refractivity contribution in [3.8, 4) is 0 Å². The van der Waals surface area contributed by atoms with Gasteiger partial charge in [0.15, 0.2) is 0 Å². The molecule has 2 heteroatoms. The molecule has 1 unspecified atom stereocenters. The Hall–Kier alpha value is 0.270. The first-order valence-electron chi connectivity index (χ1n) is 3.46. The summed E-state index contributed by atoms with van der Waals surface area (Å²) in [6.45, 7) is 6.01. The maximum absolute atomic E-state index is 3.76. The van der Waals surface area contributed by atoms with E-state index in [2.05, 4.69) is 35.3 Å². The van der Waals surface area contributed by atoms with Crippen LogP contribution in [0.5, 0.6) is 0 Å². The van der Waals surface area contributed by atoms with Crippen molar-refractivity contribution in [3.63, 3.8) is 0 Å². The topological polar surface area (TPSA) is 3.24 Å². The fourth-order valence-corrected chi connectivity index (χ4v) is 4.77. The van der Waals surface area contributed by atoms with Crippen molar-refractivity contribution in [2.24, 2.45) is 0 Å². The van der Waals surface area contributed by atoms with Crippen LogP contribution in [0.4, 0.5) is 0 Å². The van der Waals surface area contributed by atoms with E-state index in [4.69, 9.17) is 0 Å². The van der Waals surface area contributed by atoms with Crippen LogP contribution in [0.1, 0.15) is 13.3 Å². The van der Waals surface area contributed by atoms with Crippen molar-refractivity contribution in [2.45, 2.75) is 17.4 Å². The molecule has 0 spiro atoms. The van der Waals surface area contributed by atoms with Crippen LogP contribution in [-0.4, -0.2) is 25.9 Å². The molecule has 0 aromatic rings. The zero-order valence-corrected chi connectivity index (χ0v) is 9.55. The zero-order chi connectivity index (χ0) is 8.15. The summed E-state index contributed by atoms with van der Waals surface area (Å²) >= 11 is -0.663. The molecule has 0 aliphatic rings. The van der Waals surface area contributed by atoms with Crippen LogP contribution in [-0.2, 0) is 0 Å². The van der Waals surface area contributed by atoms with Gasteiger partial charge in [-0.15, -0.1) is 0 Å². The summed E-state index contributed by atoms with van der Waals surface area (Å²) in [4.78, 5) is 7.06. The molecule has 0 rings (SSSR count). The van der Waals surface area contributed by atoms with Crippen molar-refractivity contribution < 1.29 is 0 Å². The molecule has 0 fully saturated rings. The predicted octanol–water partition coefficient (Wildman–Crippen LogP) is 2.56. The summed E-state index contributed by atoms with van der Waals surface area (Å²) in [6, 6.07) is 0. The number of halogens is 1. The van der Waals surface area contributed by atoms with Crippen LogP contribution < -0.4 is 0 Å². The fraction of sp³-hybridized carbons (Fsp3) is 0.750. The molecule has 1 atom stereocenters. The summed E-state index contributed by atoms with van der Waals surface area (Å²) < 4.78 is 0.807. The van der Waals surface area contributed by atoms with E-state index < -0.39 is 19.8 Å². The van der Waals surface area contributed by atoms with Gasteiger partial charge in [0, 0.05) is 0 Å². The normalized spacial score (nSPS) is 14.2. The quantitative estimate of drug-likeness (QED) is 0.424. The summed E-state index contributed by atoms with van der Waals surface area (Å²) in [5.41, 5.74) is 0. The Bertz CT molecular complexity index is 101. The molecule has 0 aliphatic carbocycles. The molecule has 0 aromatic heterocycles. The summed E-state index contributed by atoms with van der Waals surface area (Å²) in [6.07, 6.45) is 3.20. The number of hydrogen-bond donors (Lipinski definition) is 0. The summed E-state index contributed by atoms with van der Waals surface area (Å²) in [7, 11) is 2.12. The third-order valence-electron chi connectivity index (χ3n) is 1.57.